The number of nitrogens with zero attached hydrogens (tertiary/aromatic N) is 3. The molecule has 0 atom stereocenters. The molecule has 0 radical (unpaired) electrons. The summed E-state index contributed by atoms with van der Waals surface area (Å²) in [7, 11) is 0. The molecule has 1 fully saturated rings. The maximum Gasteiger partial charge on any atom is 0.289 e. The molecule has 2 aromatic carbocycles. The van der Waals surface area contributed by atoms with Crippen molar-refractivity contribution in [3.05, 3.63) is 59.9 Å². The SMILES string of the molecule is Cc1ccc(Nc2nc(C(=O)NCCN3CCCC3)nc3ccccc23)cc1. The van der Waals surface area contributed by atoms with E-state index in [0.717, 1.165) is 36.2 Å². The molecule has 144 valence electrons. The number of hydrogen-bond donors (Lipinski definition) is 2. The standard InChI is InChI=1S/C22H25N5O/c1-16-8-10-17(11-9-16)24-20-18-6-2-3-7-19(18)25-21(26-20)22(28)23-12-15-27-13-4-5-14-27/h2-3,6-11H,4-5,12-15H2,1H3,(H,23,28)(H,24,25,26). The van der Waals surface area contributed by atoms with Crippen molar-refractivity contribution in [3.8, 4) is 0 Å². The van der Waals surface area contributed by atoms with E-state index in [0.29, 0.717) is 12.4 Å². The normalized spacial score (nSPS) is 14.3. The van der Waals surface area contributed by atoms with Crippen LogP contribution in [-0.2, 0) is 0 Å². The van der Waals surface area contributed by atoms with Crippen LogP contribution in [0, 0.1) is 6.92 Å². The van der Waals surface area contributed by atoms with Gasteiger partial charge >= 0.3 is 0 Å². The molecule has 1 aliphatic heterocycles. The smallest absolute Gasteiger partial charge is 0.289 e. The van der Waals surface area contributed by atoms with E-state index in [1.807, 2.05) is 48.5 Å². The summed E-state index contributed by atoms with van der Waals surface area (Å²) in [5.74, 6) is 0.589. The van der Waals surface area contributed by atoms with Crippen molar-refractivity contribution < 1.29 is 4.79 Å². The Morgan fingerprint density at radius 1 is 1.04 bits per heavy atom. The Morgan fingerprint density at radius 3 is 2.57 bits per heavy atom. The molecule has 6 nitrogen and oxygen atoms in total. The van der Waals surface area contributed by atoms with Gasteiger partial charge < -0.3 is 15.5 Å². The Kier molecular flexibility index (Phi) is 5.48. The lowest BCUT2D eigenvalue weighted by molar-refractivity contribution is 0.0940. The molecule has 0 spiro atoms. The van der Waals surface area contributed by atoms with Gasteiger partial charge in [0.25, 0.3) is 5.91 Å². The van der Waals surface area contributed by atoms with Gasteiger partial charge in [0.15, 0.2) is 0 Å². The summed E-state index contributed by atoms with van der Waals surface area (Å²) in [5, 5.41) is 7.17. The van der Waals surface area contributed by atoms with Gasteiger partial charge in [-0.15, -0.1) is 0 Å². The second-order valence-electron chi connectivity index (χ2n) is 7.21. The molecule has 0 bridgehead atoms. The molecule has 3 aromatic rings. The number of carbonyl (C=O) groups is 1. The molecular formula is C22H25N5O. The van der Waals surface area contributed by atoms with E-state index < -0.39 is 0 Å². The highest BCUT2D eigenvalue weighted by Crippen LogP contribution is 2.24. The van der Waals surface area contributed by atoms with E-state index in [2.05, 4.69) is 32.4 Å². The fourth-order valence-electron chi connectivity index (χ4n) is 3.46. The first kappa shape index (κ1) is 18.4. The minimum Gasteiger partial charge on any atom is -0.348 e. The van der Waals surface area contributed by atoms with Gasteiger partial charge in [0.1, 0.15) is 5.82 Å². The van der Waals surface area contributed by atoms with Gasteiger partial charge in [0.2, 0.25) is 5.82 Å². The average Bonchev–Trinajstić information content (AvgIpc) is 3.23. The monoisotopic (exact) mass is 375 g/mol. The van der Waals surface area contributed by atoms with Crippen molar-refractivity contribution >= 4 is 28.3 Å². The third-order valence-corrected chi connectivity index (χ3v) is 5.03. The summed E-state index contributed by atoms with van der Waals surface area (Å²) in [6.45, 7) is 5.76. The number of aryl methyl sites for hydroxylation is 1. The molecule has 0 saturated carbocycles. The van der Waals surface area contributed by atoms with Crippen LogP contribution in [0.1, 0.15) is 29.0 Å². The Morgan fingerprint density at radius 2 is 1.79 bits per heavy atom. The summed E-state index contributed by atoms with van der Waals surface area (Å²) >= 11 is 0. The molecule has 6 heteroatoms. The number of hydrogen-bond acceptors (Lipinski definition) is 5. The van der Waals surface area contributed by atoms with Crippen molar-refractivity contribution in [3.63, 3.8) is 0 Å². The van der Waals surface area contributed by atoms with Gasteiger partial charge in [-0.05, 0) is 57.1 Å². The number of anilines is 2. The Hall–Kier alpha value is -2.99. The van der Waals surface area contributed by atoms with E-state index >= 15 is 0 Å². The average molecular weight is 375 g/mol. The first-order valence-electron chi connectivity index (χ1n) is 9.80. The summed E-state index contributed by atoms with van der Waals surface area (Å²) in [5.41, 5.74) is 2.86. The van der Waals surface area contributed by atoms with Crippen molar-refractivity contribution in [2.75, 3.05) is 31.5 Å². The molecule has 2 N–H and O–H groups in total. The number of aromatic nitrogens is 2. The molecule has 1 aliphatic rings. The highest BCUT2D eigenvalue weighted by atomic mass is 16.2. The molecule has 2 heterocycles. The topological polar surface area (TPSA) is 70.2 Å². The zero-order chi connectivity index (χ0) is 19.3. The third-order valence-electron chi connectivity index (χ3n) is 5.03. The Labute approximate surface area is 165 Å². The number of para-hydroxylation sites is 1. The predicted octanol–water partition coefficient (Wildman–Crippen LogP) is 3.51. The third kappa shape index (κ3) is 4.28. The lowest BCUT2D eigenvalue weighted by Gasteiger charge is -2.15. The Bertz CT molecular complexity index is 964. The lowest BCUT2D eigenvalue weighted by Crippen LogP contribution is -2.34. The number of rotatable bonds is 6. The number of nitrogens with one attached hydrogen (secondary N) is 2. The zero-order valence-corrected chi connectivity index (χ0v) is 16.1. The number of fused-ring (bicyclic) bond motifs is 1. The lowest BCUT2D eigenvalue weighted by atomic mass is 10.2. The summed E-state index contributed by atoms with van der Waals surface area (Å²) < 4.78 is 0. The maximum atomic E-state index is 12.6. The molecule has 1 saturated heterocycles. The van der Waals surface area contributed by atoms with Gasteiger partial charge in [-0.3, -0.25) is 4.79 Å². The van der Waals surface area contributed by atoms with E-state index in [4.69, 9.17) is 0 Å². The highest BCUT2D eigenvalue weighted by Gasteiger charge is 2.15. The molecule has 1 amide bonds. The van der Waals surface area contributed by atoms with E-state index in [-0.39, 0.29) is 11.7 Å². The number of likely N-dealkylation sites (tertiary alicyclic amines) is 1. The van der Waals surface area contributed by atoms with Crippen molar-refractivity contribution in [1.82, 2.24) is 20.2 Å². The number of amides is 1. The van der Waals surface area contributed by atoms with Crippen molar-refractivity contribution in [2.24, 2.45) is 0 Å². The van der Waals surface area contributed by atoms with Crippen LogP contribution in [0.4, 0.5) is 11.5 Å². The van der Waals surface area contributed by atoms with E-state index in [9.17, 15) is 4.79 Å². The molecular weight excluding hydrogens is 350 g/mol. The minimum atomic E-state index is -0.239. The van der Waals surface area contributed by atoms with Gasteiger partial charge in [-0.25, -0.2) is 9.97 Å². The molecule has 4 rings (SSSR count). The zero-order valence-electron chi connectivity index (χ0n) is 16.1. The molecule has 28 heavy (non-hydrogen) atoms. The van der Waals surface area contributed by atoms with Crippen LogP contribution in [0.2, 0.25) is 0 Å². The quantitative estimate of drug-likeness (QED) is 0.690. The highest BCUT2D eigenvalue weighted by molar-refractivity contribution is 5.97. The largest absolute Gasteiger partial charge is 0.348 e. The van der Waals surface area contributed by atoms with Crippen LogP contribution in [0.15, 0.2) is 48.5 Å². The number of benzene rings is 2. The minimum absolute atomic E-state index is 0.190. The fraction of sp³-hybridized carbons (Fsp3) is 0.318. The first-order valence-corrected chi connectivity index (χ1v) is 9.80. The predicted molar refractivity (Wildman–Crippen MR) is 112 cm³/mol. The molecule has 0 unspecified atom stereocenters. The van der Waals surface area contributed by atoms with Crippen LogP contribution in [-0.4, -0.2) is 47.0 Å². The second kappa shape index (κ2) is 8.35. The van der Waals surface area contributed by atoms with Crippen LogP contribution in [0.3, 0.4) is 0 Å². The summed E-state index contributed by atoms with van der Waals surface area (Å²) in [6, 6.07) is 15.8. The summed E-state index contributed by atoms with van der Waals surface area (Å²) in [4.78, 5) is 24.0. The molecule has 1 aromatic heterocycles. The van der Waals surface area contributed by atoms with Crippen LogP contribution in [0.25, 0.3) is 10.9 Å². The van der Waals surface area contributed by atoms with Gasteiger partial charge in [0, 0.05) is 24.2 Å². The van der Waals surface area contributed by atoms with Crippen LogP contribution < -0.4 is 10.6 Å². The summed E-state index contributed by atoms with van der Waals surface area (Å²) in [6.07, 6.45) is 2.49. The van der Waals surface area contributed by atoms with Gasteiger partial charge in [0.05, 0.1) is 5.52 Å². The van der Waals surface area contributed by atoms with Crippen molar-refractivity contribution in [2.45, 2.75) is 19.8 Å². The Balaban J connectivity index is 1.54. The second-order valence-corrected chi connectivity index (χ2v) is 7.21. The van der Waals surface area contributed by atoms with Gasteiger partial charge in [-0.1, -0.05) is 29.8 Å². The fourth-order valence-corrected chi connectivity index (χ4v) is 3.46. The van der Waals surface area contributed by atoms with Crippen LogP contribution >= 0.6 is 0 Å². The van der Waals surface area contributed by atoms with Gasteiger partial charge in [-0.2, -0.15) is 0 Å². The van der Waals surface area contributed by atoms with E-state index in [1.165, 1.54) is 18.4 Å². The first-order chi connectivity index (χ1) is 13.7. The molecule has 0 aliphatic carbocycles. The maximum absolute atomic E-state index is 12.6. The van der Waals surface area contributed by atoms with Crippen LogP contribution in [0.5, 0.6) is 0 Å². The van der Waals surface area contributed by atoms with E-state index in [1.54, 1.807) is 0 Å². The number of carbonyl (C=O) groups excluding carboxylic acids is 1. The van der Waals surface area contributed by atoms with Crippen molar-refractivity contribution in [1.29, 1.82) is 0 Å².